The number of urea groups is 1. The highest BCUT2D eigenvalue weighted by atomic mass is 16.5. The van der Waals surface area contributed by atoms with Crippen LogP contribution in [0.25, 0.3) is 11.3 Å². The normalized spacial score (nSPS) is 13.7. The molecule has 38 heavy (non-hydrogen) atoms. The van der Waals surface area contributed by atoms with E-state index in [1.165, 1.54) is 5.69 Å². The molecule has 10 heteroatoms. The molecule has 5 rings (SSSR count). The van der Waals surface area contributed by atoms with Crippen LogP contribution in [0.15, 0.2) is 73.1 Å². The monoisotopic (exact) mass is 510 g/mol. The third kappa shape index (κ3) is 5.98. The molecule has 0 saturated carbocycles. The molecular formula is C28H30N8O2. The molecule has 0 atom stereocenters. The van der Waals surface area contributed by atoms with Gasteiger partial charge in [0.2, 0.25) is 11.8 Å². The van der Waals surface area contributed by atoms with Crippen molar-refractivity contribution in [2.75, 3.05) is 48.8 Å². The smallest absolute Gasteiger partial charge is 0.316 e. The molecule has 4 aromatic rings. The Morgan fingerprint density at radius 1 is 0.947 bits per heavy atom. The summed E-state index contributed by atoms with van der Waals surface area (Å²) >= 11 is 0. The number of carbonyl (C=O) groups excluding carboxylic acids is 1. The summed E-state index contributed by atoms with van der Waals surface area (Å²) < 4.78 is 6.15. The third-order valence-corrected chi connectivity index (χ3v) is 6.34. The predicted molar refractivity (Wildman–Crippen MR) is 149 cm³/mol. The zero-order valence-corrected chi connectivity index (χ0v) is 21.4. The lowest BCUT2D eigenvalue weighted by Gasteiger charge is -2.34. The Labute approximate surface area is 221 Å². The Hall–Kier alpha value is -4.70. The molecule has 2 amide bonds. The van der Waals surface area contributed by atoms with E-state index in [1.807, 2.05) is 37.3 Å². The van der Waals surface area contributed by atoms with Crippen molar-refractivity contribution in [1.82, 2.24) is 19.9 Å². The van der Waals surface area contributed by atoms with E-state index in [0.717, 1.165) is 43.0 Å². The van der Waals surface area contributed by atoms with Gasteiger partial charge in [0.05, 0.1) is 11.3 Å². The summed E-state index contributed by atoms with van der Waals surface area (Å²) in [5.41, 5.74) is 10.1. The number of rotatable bonds is 7. The van der Waals surface area contributed by atoms with E-state index in [0.29, 0.717) is 29.0 Å². The van der Waals surface area contributed by atoms with Crippen molar-refractivity contribution in [2.45, 2.75) is 6.92 Å². The largest absolute Gasteiger partial charge is 0.438 e. The summed E-state index contributed by atoms with van der Waals surface area (Å²) in [4.78, 5) is 29.4. The van der Waals surface area contributed by atoms with E-state index in [-0.39, 0.29) is 0 Å². The van der Waals surface area contributed by atoms with Crippen molar-refractivity contribution >= 4 is 29.0 Å². The highest BCUT2D eigenvalue weighted by molar-refractivity contribution is 5.88. The van der Waals surface area contributed by atoms with Crippen molar-refractivity contribution in [3.63, 3.8) is 0 Å². The summed E-state index contributed by atoms with van der Waals surface area (Å²) in [6, 6.07) is 18.5. The van der Waals surface area contributed by atoms with Gasteiger partial charge < -0.3 is 30.9 Å². The summed E-state index contributed by atoms with van der Waals surface area (Å²) in [7, 11) is 2.16. The topological polar surface area (TPSA) is 122 Å². The van der Waals surface area contributed by atoms with Crippen LogP contribution in [0.3, 0.4) is 0 Å². The number of anilines is 4. The van der Waals surface area contributed by atoms with Crippen LogP contribution in [0.1, 0.15) is 5.56 Å². The number of hydrogen-bond donors (Lipinski definition) is 3. The second-order valence-corrected chi connectivity index (χ2v) is 9.16. The van der Waals surface area contributed by atoms with E-state index in [2.05, 4.69) is 49.6 Å². The van der Waals surface area contributed by atoms with E-state index in [9.17, 15) is 4.79 Å². The molecule has 0 aliphatic carbocycles. The summed E-state index contributed by atoms with van der Waals surface area (Å²) in [6.45, 7) is 6.07. The number of nitrogens with zero attached hydrogens (tertiary/aromatic N) is 5. The van der Waals surface area contributed by atoms with Gasteiger partial charge in [-0.1, -0.05) is 0 Å². The molecule has 2 aromatic carbocycles. The molecule has 194 valence electrons. The van der Waals surface area contributed by atoms with Gasteiger partial charge in [0.25, 0.3) is 0 Å². The average Bonchev–Trinajstić information content (AvgIpc) is 2.91. The Morgan fingerprint density at radius 3 is 2.45 bits per heavy atom. The molecule has 1 aliphatic heterocycles. The summed E-state index contributed by atoms with van der Waals surface area (Å²) in [5.74, 6) is 1.49. The van der Waals surface area contributed by atoms with Crippen LogP contribution in [-0.4, -0.2) is 59.1 Å². The Morgan fingerprint density at radius 2 is 1.71 bits per heavy atom. The first kappa shape index (κ1) is 25.0. The molecule has 4 N–H and O–H groups in total. The lowest BCUT2D eigenvalue weighted by molar-refractivity contribution is 0.259. The molecule has 0 radical (unpaired) electrons. The number of ether oxygens (including phenoxy) is 1. The molecule has 0 bridgehead atoms. The first-order chi connectivity index (χ1) is 18.4. The first-order valence-electron chi connectivity index (χ1n) is 12.4. The Kier molecular flexibility index (Phi) is 7.32. The zero-order chi connectivity index (χ0) is 26.5. The lowest BCUT2D eigenvalue weighted by Crippen LogP contribution is -2.44. The Balaban J connectivity index is 1.32. The number of primary amides is 1. The SMILES string of the molecule is Cc1cc(NC(N)=O)ccc1Oc1ncccc1-c1ccnc(Nc2ccc(N3CCN(C)CC3)cc2)n1. The van der Waals surface area contributed by atoms with Crippen LogP contribution in [0, 0.1) is 6.92 Å². The van der Waals surface area contributed by atoms with Gasteiger partial charge in [-0.25, -0.2) is 19.7 Å². The molecule has 1 aliphatic rings. The van der Waals surface area contributed by atoms with Crippen LogP contribution < -0.4 is 26.0 Å². The highest BCUT2D eigenvalue weighted by Gasteiger charge is 2.15. The van der Waals surface area contributed by atoms with Gasteiger partial charge in [-0.15, -0.1) is 0 Å². The highest BCUT2D eigenvalue weighted by Crippen LogP contribution is 2.33. The van der Waals surface area contributed by atoms with Crippen molar-refractivity contribution < 1.29 is 9.53 Å². The van der Waals surface area contributed by atoms with Crippen molar-refractivity contribution in [3.05, 3.63) is 78.6 Å². The van der Waals surface area contributed by atoms with Crippen LogP contribution in [0.4, 0.5) is 27.8 Å². The van der Waals surface area contributed by atoms with Crippen molar-refractivity contribution in [3.8, 4) is 22.9 Å². The second kappa shape index (κ2) is 11.1. The number of pyridine rings is 1. The summed E-state index contributed by atoms with van der Waals surface area (Å²) in [6.07, 6.45) is 3.37. The number of aryl methyl sites for hydroxylation is 1. The van der Waals surface area contributed by atoms with Crippen LogP contribution in [0.5, 0.6) is 11.6 Å². The predicted octanol–water partition coefficient (Wildman–Crippen LogP) is 4.63. The maximum atomic E-state index is 11.1. The van der Waals surface area contributed by atoms with Crippen LogP contribution in [0.2, 0.25) is 0 Å². The molecular weight excluding hydrogens is 480 g/mol. The number of piperazine rings is 1. The molecule has 0 spiro atoms. The second-order valence-electron chi connectivity index (χ2n) is 9.16. The van der Waals surface area contributed by atoms with Gasteiger partial charge in [0, 0.05) is 55.6 Å². The average molecular weight is 511 g/mol. The van der Waals surface area contributed by atoms with E-state index in [4.69, 9.17) is 15.5 Å². The van der Waals surface area contributed by atoms with Crippen molar-refractivity contribution in [1.29, 1.82) is 0 Å². The Bertz CT molecular complexity index is 1420. The fraction of sp³-hybridized carbons (Fsp3) is 0.214. The molecule has 1 fully saturated rings. The fourth-order valence-corrected chi connectivity index (χ4v) is 4.27. The molecule has 10 nitrogen and oxygen atoms in total. The van der Waals surface area contributed by atoms with Gasteiger partial charge in [0.1, 0.15) is 5.75 Å². The van der Waals surface area contributed by atoms with Crippen molar-refractivity contribution in [2.24, 2.45) is 5.73 Å². The van der Waals surface area contributed by atoms with Gasteiger partial charge in [-0.05, 0) is 80.2 Å². The van der Waals surface area contributed by atoms with Crippen LogP contribution in [-0.2, 0) is 0 Å². The van der Waals surface area contributed by atoms with Gasteiger partial charge in [-0.3, -0.25) is 0 Å². The minimum Gasteiger partial charge on any atom is -0.438 e. The van der Waals surface area contributed by atoms with E-state index >= 15 is 0 Å². The first-order valence-corrected chi connectivity index (χ1v) is 12.4. The zero-order valence-electron chi connectivity index (χ0n) is 21.4. The lowest BCUT2D eigenvalue weighted by atomic mass is 10.2. The number of nitrogens with one attached hydrogen (secondary N) is 2. The van der Waals surface area contributed by atoms with E-state index < -0.39 is 6.03 Å². The fourth-order valence-electron chi connectivity index (χ4n) is 4.27. The number of aromatic nitrogens is 3. The number of amides is 2. The number of likely N-dealkylation sites (N-methyl/N-ethyl adjacent to an activating group) is 1. The molecule has 2 aromatic heterocycles. The maximum Gasteiger partial charge on any atom is 0.316 e. The number of carbonyl (C=O) groups is 1. The molecule has 1 saturated heterocycles. The van der Waals surface area contributed by atoms with Crippen LogP contribution >= 0.6 is 0 Å². The number of hydrogen-bond acceptors (Lipinski definition) is 8. The van der Waals surface area contributed by atoms with E-state index in [1.54, 1.807) is 30.6 Å². The standard InChI is InChI=1S/C28H30N8O2/c1-19-18-21(32-27(29)37)7-10-25(19)38-26-23(4-3-12-30-26)24-11-13-31-28(34-24)33-20-5-8-22(9-6-20)36-16-14-35(2)15-17-36/h3-13,18H,14-17H2,1-2H3,(H3,29,32,37)(H,31,33,34). The number of nitrogens with two attached hydrogens (primary N) is 1. The van der Waals surface area contributed by atoms with Gasteiger partial charge >= 0.3 is 6.03 Å². The quantitative estimate of drug-likeness (QED) is 0.329. The van der Waals surface area contributed by atoms with Gasteiger partial charge in [0.15, 0.2) is 0 Å². The number of benzene rings is 2. The maximum absolute atomic E-state index is 11.1. The molecule has 3 heterocycles. The minimum absolute atomic E-state index is 0.410. The van der Waals surface area contributed by atoms with Gasteiger partial charge in [-0.2, -0.15) is 0 Å². The minimum atomic E-state index is -0.621. The molecule has 0 unspecified atom stereocenters. The third-order valence-electron chi connectivity index (χ3n) is 6.34. The summed E-state index contributed by atoms with van der Waals surface area (Å²) in [5, 5.41) is 5.86.